The van der Waals surface area contributed by atoms with Crippen LogP contribution >= 0.6 is 0 Å². The molecule has 0 N–H and O–H groups in total. The van der Waals surface area contributed by atoms with Crippen molar-refractivity contribution in [2.24, 2.45) is 5.10 Å². The van der Waals surface area contributed by atoms with Crippen molar-refractivity contribution >= 4 is 6.21 Å². The molecule has 1 aromatic carbocycles. The van der Waals surface area contributed by atoms with E-state index in [0.717, 1.165) is 12.1 Å². The average molecular weight is 306 g/mol. The predicted octanol–water partition coefficient (Wildman–Crippen LogP) is 3.44. The molecule has 22 heavy (non-hydrogen) atoms. The summed E-state index contributed by atoms with van der Waals surface area (Å²) in [6.45, 7) is 0. The molecule has 2 aromatic heterocycles. The standard InChI is InChI=1S/C14H9F3N4O/c15-14(16,17)11-3-1-2-10(6-11)13-5-4-12(22-13)7-20-21-8-18-19-9-21/h1-9H/b20-7+. The van der Waals surface area contributed by atoms with Crippen LogP contribution in [0, 0.1) is 0 Å². The lowest BCUT2D eigenvalue weighted by Gasteiger charge is -2.07. The Labute approximate surface area is 122 Å². The minimum absolute atomic E-state index is 0.330. The number of alkyl halides is 3. The maximum absolute atomic E-state index is 12.7. The van der Waals surface area contributed by atoms with Crippen LogP contribution in [0.25, 0.3) is 11.3 Å². The van der Waals surface area contributed by atoms with Crippen LogP contribution in [0.15, 0.2) is 58.6 Å². The molecule has 3 aromatic rings. The lowest BCUT2D eigenvalue weighted by atomic mass is 10.1. The largest absolute Gasteiger partial charge is 0.455 e. The summed E-state index contributed by atoms with van der Waals surface area (Å²) in [5.74, 6) is 0.734. The van der Waals surface area contributed by atoms with E-state index in [9.17, 15) is 13.2 Å². The topological polar surface area (TPSA) is 56.2 Å². The van der Waals surface area contributed by atoms with Gasteiger partial charge in [-0.3, -0.25) is 0 Å². The lowest BCUT2D eigenvalue weighted by molar-refractivity contribution is -0.137. The zero-order valence-corrected chi connectivity index (χ0v) is 11.0. The van der Waals surface area contributed by atoms with Crippen molar-refractivity contribution in [3.05, 3.63) is 60.4 Å². The van der Waals surface area contributed by atoms with Crippen molar-refractivity contribution in [3.8, 4) is 11.3 Å². The van der Waals surface area contributed by atoms with Crippen molar-refractivity contribution in [3.63, 3.8) is 0 Å². The molecule has 0 amide bonds. The molecule has 0 aliphatic heterocycles. The highest BCUT2D eigenvalue weighted by atomic mass is 19.4. The van der Waals surface area contributed by atoms with E-state index < -0.39 is 11.7 Å². The number of aromatic nitrogens is 3. The molecule has 0 aliphatic rings. The molecule has 112 valence electrons. The summed E-state index contributed by atoms with van der Waals surface area (Å²) >= 11 is 0. The van der Waals surface area contributed by atoms with E-state index in [4.69, 9.17) is 4.42 Å². The number of halogens is 3. The number of rotatable bonds is 3. The van der Waals surface area contributed by atoms with Crippen molar-refractivity contribution < 1.29 is 17.6 Å². The Balaban J connectivity index is 1.85. The molecule has 3 rings (SSSR count). The van der Waals surface area contributed by atoms with Gasteiger partial charge in [0.25, 0.3) is 0 Å². The van der Waals surface area contributed by atoms with Gasteiger partial charge < -0.3 is 4.42 Å². The summed E-state index contributed by atoms with van der Waals surface area (Å²) in [4.78, 5) is 0. The van der Waals surface area contributed by atoms with Gasteiger partial charge in [-0.1, -0.05) is 12.1 Å². The van der Waals surface area contributed by atoms with Crippen LogP contribution in [0.1, 0.15) is 11.3 Å². The van der Waals surface area contributed by atoms with Crippen molar-refractivity contribution in [2.45, 2.75) is 6.18 Å². The normalized spacial score (nSPS) is 12.1. The number of benzene rings is 1. The highest BCUT2D eigenvalue weighted by Gasteiger charge is 2.30. The van der Waals surface area contributed by atoms with Crippen LogP contribution in [0.4, 0.5) is 13.2 Å². The van der Waals surface area contributed by atoms with Gasteiger partial charge in [-0.05, 0) is 24.3 Å². The molecule has 0 unspecified atom stereocenters. The highest BCUT2D eigenvalue weighted by Crippen LogP contribution is 2.32. The first-order chi connectivity index (χ1) is 10.5. The third-order valence-electron chi connectivity index (χ3n) is 2.83. The molecule has 2 heterocycles. The van der Waals surface area contributed by atoms with Crippen LogP contribution in [0.2, 0.25) is 0 Å². The Kier molecular flexibility index (Phi) is 3.50. The van der Waals surface area contributed by atoms with E-state index in [2.05, 4.69) is 15.3 Å². The maximum atomic E-state index is 12.7. The zero-order chi connectivity index (χ0) is 15.6. The number of furan rings is 1. The molecular weight excluding hydrogens is 297 g/mol. The molecule has 5 nitrogen and oxygen atoms in total. The van der Waals surface area contributed by atoms with Crippen LogP contribution < -0.4 is 0 Å². The second kappa shape index (κ2) is 5.47. The van der Waals surface area contributed by atoms with Gasteiger partial charge in [0.2, 0.25) is 0 Å². The quantitative estimate of drug-likeness (QED) is 0.696. The molecule has 0 radical (unpaired) electrons. The molecule has 0 saturated carbocycles. The number of hydrogen-bond acceptors (Lipinski definition) is 4. The first-order valence-electron chi connectivity index (χ1n) is 6.19. The van der Waals surface area contributed by atoms with Gasteiger partial charge in [0.15, 0.2) is 0 Å². The van der Waals surface area contributed by atoms with Gasteiger partial charge in [0, 0.05) is 5.56 Å². The van der Waals surface area contributed by atoms with Crippen molar-refractivity contribution in [1.29, 1.82) is 0 Å². The van der Waals surface area contributed by atoms with E-state index in [0.29, 0.717) is 17.1 Å². The zero-order valence-electron chi connectivity index (χ0n) is 11.0. The minimum atomic E-state index is -4.39. The van der Waals surface area contributed by atoms with Crippen molar-refractivity contribution in [2.75, 3.05) is 0 Å². The Hall–Kier alpha value is -2.90. The fraction of sp³-hybridized carbons (Fsp3) is 0.0714. The maximum Gasteiger partial charge on any atom is 0.416 e. The fourth-order valence-electron chi connectivity index (χ4n) is 1.80. The van der Waals surface area contributed by atoms with Gasteiger partial charge >= 0.3 is 6.18 Å². The predicted molar refractivity (Wildman–Crippen MR) is 72.2 cm³/mol. The number of nitrogens with zero attached hydrogens (tertiary/aromatic N) is 4. The van der Waals surface area contributed by atoms with Gasteiger partial charge in [-0.2, -0.15) is 18.3 Å². The summed E-state index contributed by atoms with van der Waals surface area (Å²) < 4.78 is 44.9. The van der Waals surface area contributed by atoms with Crippen LogP contribution in [0.3, 0.4) is 0 Å². The van der Waals surface area contributed by atoms with Crippen LogP contribution in [0.5, 0.6) is 0 Å². The summed E-state index contributed by atoms with van der Waals surface area (Å²) in [7, 11) is 0. The summed E-state index contributed by atoms with van der Waals surface area (Å²) in [6.07, 6.45) is -0.178. The van der Waals surface area contributed by atoms with E-state index in [1.807, 2.05) is 0 Å². The van der Waals surface area contributed by atoms with Gasteiger partial charge in [0.1, 0.15) is 24.2 Å². The van der Waals surface area contributed by atoms with Gasteiger partial charge in [-0.25, -0.2) is 4.68 Å². The lowest BCUT2D eigenvalue weighted by Crippen LogP contribution is -2.04. The third kappa shape index (κ3) is 3.05. The second-order valence-corrected chi connectivity index (χ2v) is 4.37. The fourth-order valence-corrected chi connectivity index (χ4v) is 1.80. The first kappa shape index (κ1) is 14.1. The Morgan fingerprint density at radius 1 is 1.09 bits per heavy atom. The molecule has 0 fully saturated rings. The van der Waals surface area contributed by atoms with E-state index in [1.54, 1.807) is 18.2 Å². The van der Waals surface area contributed by atoms with Gasteiger partial charge in [-0.15, -0.1) is 10.2 Å². The summed E-state index contributed by atoms with van der Waals surface area (Å²) in [5, 5.41) is 11.2. The van der Waals surface area contributed by atoms with E-state index >= 15 is 0 Å². The van der Waals surface area contributed by atoms with E-state index in [1.165, 1.54) is 29.6 Å². The molecular formula is C14H9F3N4O. The SMILES string of the molecule is FC(F)(F)c1cccc(-c2ccc(/C=N/n3cnnc3)o2)c1. The monoisotopic (exact) mass is 306 g/mol. The smallest absolute Gasteiger partial charge is 0.416 e. The second-order valence-electron chi connectivity index (χ2n) is 4.37. The molecule has 0 spiro atoms. The molecule has 0 bridgehead atoms. The molecule has 0 aliphatic carbocycles. The highest BCUT2D eigenvalue weighted by molar-refractivity contribution is 5.77. The van der Waals surface area contributed by atoms with Crippen molar-refractivity contribution in [1.82, 2.24) is 14.9 Å². The Bertz CT molecular complexity index is 791. The summed E-state index contributed by atoms with van der Waals surface area (Å²) in [6, 6.07) is 8.15. The first-order valence-corrected chi connectivity index (χ1v) is 6.19. The molecule has 0 atom stereocenters. The molecule has 8 heteroatoms. The average Bonchev–Trinajstić information content (AvgIpc) is 3.16. The van der Waals surface area contributed by atoms with Gasteiger partial charge in [0.05, 0.1) is 11.8 Å². The summed E-state index contributed by atoms with van der Waals surface area (Å²) in [5.41, 5.74) is -0.375. The minimum Gasteiger partial charge on any atom is -0.455 e. The van der Waals surface area contributed by atoms with Crippen LogP contribution in [-0.4, -0.2) is 21.1 Å². The molecule has 0 saturated heterocycles. The third-order valence-corrected chi connectivity index (χ3v) is 2.83. The van der Waals surface area contributed by atoms with E-state index in [-0.39, 0.29) is 0 Å². The number of hydrogen-bond donors (Lipinski definition) is 0. The Morgan fingerprint density at radius 2 is 1.86 bits per heavy atom. The Morgan fingerprint density at radius 3 is 2.59 bits per heavy atom. The van der Waals surface area contributed by atoms with Crippen LogP contribution in [-0.2, 0) is 6.18 Å².